The maximum absolute atomic E-state index is 12.2. The second-order valence-corrected chi connectivity index (χ2v) is 7.35. The monoisotopic (exact) mass is 316 g/mol. The fourth-order valence-electron chi connectivity index (χ4n) is 3.05. The Balaban J connectivity index is 1.54. The third-order valence-corrected chi connectivity index (χ3v) is 5.51. The van der Waals surface area contributed by atoms with Gasteiger partial charge in [0.2, 0.25) is 0 Å². The highest BCUT2D eigenvalue weighted by Gasteiger charge is 2.25. The van der Waals surface area contributed by atoms with Crippen molar-refractivity contribution in [3.05, 3.63) is 43.5 Å². The minimum absolute atomic E-state index is 0.0780. The molecule has 0 radical (unpaired) electrons. The highest BCUT2D eigenvalue weighted by Crippen LogP contribution is 2.31. The second kappa shape index (κ2) is 5.59. The normalized spacial score (nSPS) is 18.4. The van der Waals surface area contributed by atoms with Crippen LogP contribution in [-0.2, 0) is 25.9 Å². The topological polar surface area (TPSA) is 61.9 Å². The third kappa shape index (κ3) is 2.85. The van der Waals surface area contributed by atoms with Gasteiger partial charge in [-0.2, -0.15) is 0 Å². The van der Waals surface area contributed by atoms with Crippen LogP contribution in [0.5, 0.6) is 0 Å². The van der Waals surface area contributed by atoms with Crippen molar-refractivity contribution in [2.24, 2.45) is 5.92 Å². The largest absolute Gasteiger partial charge is 0.310 e. The highest BCUT2D eigenvalue weighted by atomic mass is 32.1. The molecule has 3 heterocycles. The number of aromatic amines is 1. The molecule has 0 bridgehead atoms. The molecule has 1 aliphatic heterocycles. The SMILES string of the molecule is Cc1ncsc1CN1CCc2c(nc(CC3CC3)[nH]c2=O)C1. The van der Waals surface area contributed by atoms with Crippen LogP contribution in [0, 0.1) is 12.8 Å². The third-order valence-electron chi connectivity index (χ3n) is 4.59. The number of hydrogen-bond acceptors (Lipinski definition) is 5. The summed E-state index contributed by atoms with van der Waals surface area (Å²) < 4.78 is 0. The summed E-state index contributed by atoms with van der Waals surface area (Å²) in [5, 5.41) is 0. The van der Waals surface area contributed by atoms with Crippen LogP contribution in [0.2, 0.25) is 0 Å². The number of nitrogens with zero attached hydrogens (tertiary/aromatic N) is 3. The van der Waals surface area contributed by atoms with Gasteiger partial charge in [-0.05, 0) is 32.1 Å². The molecule has 0 spiro atoms. The number of fused-ring (bicyclic) bond motifs is 1. The Morgan fingerprint density at radius 3 is 3.05 bits per heavy atom. The van der Waals surface area contributed by atoms with Crippen LogP contribution in [0.25, 0.3) is 0 Å². The van der Waals surface area contributed by atoms with Crippen LogP contribution in [0.4, 0.5) is 0 Å². The summed E-state index contributed by atoms with van der Waals surface area (Å²) in [5.41, 5.74) is 4.96. The molecule has 0 saturated heterocycles. The van der Waals surface area contributed by atoms with Gasteiger partial charge < -0.3 is 4.98 Å². The van der Waals surface area contributed by atoms with Crippen LogP contribution in [0.3, 0.4) is 0 Å². The first-order valence-electron chi connectivity index (χ1n) is 7.91. The number of hydrogen-bond donors (Lipinski definition) is 1. The van der Waals surface area contributed by atoms with Gasteiger partial charge in [0.1, 0.15) is 5.82 Å². The zero-order chi connectivity index (χ0) is 15.1. The lowest BCUT2D eigenvalue weighted by atomic mass is 10.1. The summed E-state index contributed by atoms with van der Waals surface area (Å²) in [6, 6.07) is 0. The molecule has 1 saturated carbocycles. The summed E-state index contributed by atoms with van der Waals surface area (Å²) in [5.74, 6) is 1.61. The van der Waals surface area contributed by atoms with Crippen LogP contribution in [0.1, 0.15) is 40.5 Å². The van der Waals surface area contributed by atoms with Crippen molar-refractivity contribution >= 4 is 11.3 Å². The molecule has 116 valence electrons. The molecule has 2 aliphatic rings. The highest BCUT2D eigenvalue weighted by molar-refractivity contribution is 7.09. The zero-order valence-electron chi connectivity index (χ0n) is 12.8. The first-order chi connectivity index (χ1) is 10.7. The summed E-state index contributed by atoms with van der Waals surface area (Å²) in [6.45, 7) is 4.65. The van der Waals surface area contributed by atoms with Gasteiger partial charge >= 0.3 is 0 Å². The van der Waals surface area contributed by atoms with Gasteiger partial charge in [0.15, 0.2) is 0 Å². The Bertz CT molecular complexity index is 747. The molecule has 1 fully saturated rings. The van der Waals surface area contributed by atoms with Gasteiger partial charge in [0.25, 0.3) is 5.56 Å². The van der Waals surface area contributed by atoms with E-state index in [4.69, 9.17) is 4.98 Å². The van der Waals surface area contributed by atoms with Crippen molar-refractivity contribution in [1.82, 2.24) is 19.9 Å². The Kier molecular flexibility index (Phi) is 3.58. The van der Waals surface area contributed by atoms with Crippen molar-refractivity contribution in [1.29, 1.82) is 0 Å². The van der Waals surface area contributed by atoms with Crippen molar-refractivity contribution in [3.8, 4) is 0 Å². The number of thiazole rings is 1. The standard InChI is InChI=1S/C16H20N4OS/c1-10-14(22-9-17-10)8-20-5-4-12-13(7-20)18-15(19-16(12)21)6-11-2-3-11/h9,11H,2-8H2,1H3,(H,18,19,21). The Morgan fingerprint density at radius 1 is 1.45 bits per heavy atom. The minimum atomic E-state index is 0.0780. The maximum Gasteiger partial charge on any atom is 0.254 e. The number of aromatic nitrogens is 3. The first-order valence-corrected chi connectivity index (χ1v) is 8.79. The van der Waals surface area contributed by atoms with Crippen molar-refractivity contribution < 1.29 is 0 Å². The molecule has 0 aromatic carbocycles. The quantitative estimate of drug-likeness (QED) is 0.938. The van der Waals surface area contributed by atoms with Gasteiger partial charge in [-0.3, -0.25) is 9.69 Å². The van der Waals surface area contributed by atoms with Gasteiger partial charge in [-0.15, -0.1) is 11.3 Å². The lowest BCUT2D eigenvalue weighted by Crippen LogP contribution is -2.35. The molecule has 2 aromatic rings. The molecule has 6 heteroatoms. The van der Waals surface area contributed by atoms with Crippen LogP contribution >= 0.6 is 11.3 Å². The van der Waals surface area contributed by atoms with Crippen molar-refractivity contribution in [2.75, 3.05) is 6.54 Å². The molecule has 5 nitrogen and oxygen atoms in total. The minimum Gasteiger partial charge on any atom is -0.310 e. The molecular weight excluding hydrogens is 296 g/mol. The predicted molar refractivity (Wildman–Crippen MR) is 86.0 cm³/mol. The summed E-state index contributed by atoms with van der Waals surface area (Å²) in [7, 11) is 0. The van der Waals surface area contributed by atoms with Gasteiger partial charge in [-0.25, -0.2) is 9.97 Å². The van der Waals surface area contributed by atoms with E-state index in [0.29, 0.717) is 0 Å². The summed E-state index contributed by atoms with van der Waals surface area (Å²) in [4.78, 5) is 28.0. The second-order valence-electron chi connectivity index (χ2n) is 6.41. The number of nitrogens with one attached hydrogen (secondary N) is 1. The van der Waals surface area contributed by atoms with Crippen LogP contribution < -0.4 is 5.56 Å². The van der Waals surface area contributed by atoms with Crippen LogP contribution in [-0.4, -0.2) is 26.4 Å². The smallest absolute Gasteiger partial charge is 0.254 e. The van der Waals surface area contributed by atoms with E-state index in [2.05, 4.69) is 21.8 Å². The molecule has 0 amide bonds. The van der Waals surface area contributed by atoms with Crippen LogP contribution in [0.15, 0.2) is 10.3 Å². The van der Waals surface area contributed by atoms with E-state index in [0.717, 1.165) is 61.2 Å². The molecule has 2 aromatic heterocycles. The van der Waals surface area contributed by atoms with E-state index in [1.54, 1.807) is 11.3 Å². The van der Waals surface area contributed by atoms with E-state index < -0.39 is 0 Å². The summed E-state index contributed by atoms with van der Waals surface area (Å²) in [6.07, 6.45) is 4.27. The van der Waals surface area contributed by atoms with Crippen molar-refractivity contribution in [3.63, 3.8) is 0 Å². The number of aryl methyl sites for hydroxylation is 1. The lowest BCUT2D eigenvalue weighted by Gasteiger charge is -2.27. The Hall–Kier alpha value is -1.53. The molecule has 1 aliphatic carbocycles. The molecule has 22 heavy (non-hydrogen) atoms. The zero-order valence-corrected chi connectivity index (χ0v) is 13.6. The maximum atomic E-state index is 12.2. The molecule has 4 rings (SSSR count). The van der Waals surface area contributed by atoms with E-state index in [9.17, 15) is 4.79 Å². The Morgan fingerprint density at radius 2 is 2.32 bits per heavy atom. The molecule has 1 N–H and O–H groups in total. The predicted octanol–water partition coefficient (Wildman–Crippen LogP) is 2.05. The van der Waals surface area contributed by atoms with E-state index in [1.807, 2.05) is 5.51 Å². The fraction of sp³-hybridized carbons (Fsp3) is 0.562. The fourth-order valence-corrected chi connectivity index (χ4v) is 3.87. The summed E-state index contributed by atoms with van der Waals surface area (Å²) >= 11 is 1.71. The molecule has 0 unspecified atom stereocenters. The number of H-pyrrole nitrogens is 1. The lowest BCUT2D eigenvalue weighted by molar-refractivity contribution is 0.241. The first kappa shape index (κ1) is 14.1. The van der Waals surface area contributed by atoms with Crippen molar-refractivity contribution in [2.45, 2.75) is 45.7 Å². The van der Waals surface area contributed by atoms with Gasteiger partial charge in [-0.1, -0.05) is 0 Å². The molecule has 0 atom stereocenters. The molecular formula is C16H20N4OS. The van der Waals surface area contributed by atoms with Gasteiger partial charge in [0, 0.05) is 36.5 Å². The average Bonchev–Trinajstić information content (AvgIpc) is 3.21. The van der Waals surface area contributed by atoms with Gasteiger partial charge in [0.05, 0.1) is 16.9 Å². The number of rotatable bonds is 4. The average molecular weight is 316 g/mol. The van der Waals surface area contributed by atoms with E-state index >= 15 is 0 Å². The van der Waals surface area contributed by atoms with E-state index in [-0.39, 0.29) is 5.56 Å². The van der Waals surface area contributed by atoms with E-state index in [1.165, 1.54) is 17.7 Å². The Labute approximate surface area is 133 Å².